The maximum Gasteiger partial charge on any atom is 0.266 e. The van der Waals surface area contributed by atoms with Gasteiger partial charge in [-0.1, -0.05) is 19.8 Å². The van der Waals surface area contributed by atoms with E-state index in [0.717, 1.165) is 38.2 Å². The molecule has 1 saturated heterocycles. The Bertz CT molecular complexity index is 634. The van der Waals surface area contributed by atoms with Crippen LogP contribution in [0.5, 0.6) is 0 Å². The molecule has 1 aliphatic heterocycles. The number of aryl methyl sites for hydroxylation is 1. The molecule has 3 rings (SSSR count). The van der Waals surface area contributed by atoms with Gasteiger partial charge in [0.15, 0.2) is 0 Å². The molecule has 1 aromatic rings. The van der Waals surface area contributed by atoms with Crippen molar-refractivity contribution in [3.05, 3.63) is 22.5 Å². The van der Waals surface area contributed by atoms with E-state index in [2.05, 4.69) is 22.2 Å². The van der Waals surface area contributed by atoms with E-state index in [9.17, 15) is 9.59 Å². The van der Waals surface area contributed by atoms with Crippen LogP contribution in [0.15, 0.2) is 16.9 Å². The monoisotopic (exact) mass is 332 g/mol. The summed E-state index contributed by atoms with van der Waals surface area (Å²) in [5, 5.41) is 7.59. The molecule has 1 amide bonds. The van der Waals surface area contributed by atoms with Gasteiger partial charge in [-0.2, -0.15) is 5.10 Å². The number of carbonyl (C=O) groups is 1. The Morgan fingerprint density at radius 1 is 1.17 bits per heavy atom. The van der Waals surface area contributed by atoms with Gasteiger partial charge in [0.05, 0.1) is 0 Å². The van der Waals surface area contributed by atoms with Crippen molar-refractivity contribution in [2.24, 2.45) is 18.9 Å². The summed E-state index contributed by atoms with van der Waals surface area (Å²) < 4.78 is 1.36. The highest BCUT2D eigenvalue weighted by Gasteiger charge is 2.29. The first-order valence-electron chi connectivity index (χ1n) is 9.14. The highest BCUT2D eigenvalue weighted by atomic mass is 16.2. The summed E-state index contributed by atoms with van der Waals surface area (Å²) in [7, 11) is 1.66. The fraction of sp³-hybridized carbons (Fsp3) is 0.722. The number of piperidine rings is 1. The van der Waals surface area contributed by atoms with Gasteiger partial charge >= 0.3 is 0 Å². The Hall–Kier alpha value is -1.85. The predicted molar refractivity (Wildman–Crippen MR) is 94.0 cm³/mol. The number of hydrogen-bond acceptors (Lipinski definition) is 4. The summed E-state index contributed by atoms with van der Waals surface area (Å²) in [6.45, 7) is 3.87. The van der Waals surface area contributed by atoms with Gasteiger partial charge < -0.3 is 10.2 Å². The molecular weight excluding hydrogens is 304 g/mol. The van der Waals surface area contributed by atoms with Gasteiger partial charge in [0, 0.05) is 38.2 Å². The number of hydrogen-bond donors (Lipinski definition) is 1. The van der Waals surface area contributed by atoms with Crippen LogP contribution in [-0.4, -0.2) is 34.8 Å². The first-order valence-corrected chi connectivity index (χ1v) is 9.14. The topological polar surface area (TPSA) is 67.2 Å². The largest absolute Gasteiger partial charge is 0.355 e. The third-order valence-corrected chi connectivity index (χ3v) is 5.58. The number of aromatic nitrogens is 2. The van der Waals surface area contributed by atoms with Crippen LogP contribution in [0.1, 0.15) is 45.4 Å². The van der Waals surface area contributed by atoms with Crippen LogP contribution in [0.4, 0.5) is 5.82 Å². The van der Waals surface area contributed by atoms with Crippen LogP contribution in [0.2, 0.25) is 0 Å². The Kier molecular flexibility index (Phi) is 5.21. The number of carbonyl (C=O) groups excluding carboxylic acids is 1. The van der Waals surface area contributed by atoms with Crippen LogP contribution < -0.4 is 15.8 Å². The van der Waals surface area contributed by atoms with Gasteiger partial charge in [-0.05, 0) is 37.7 Å². The third-order valence-electron chi connectivity index (χ3n) is 5.58. The van der Waals surface area contributed by atoms with Crippen LogP contribution in [0, 0.1) is 11.8 Å². The molecule has 6 heteroatoms. The maximum atomic E-state index is 12.6. The smallest absolute Gasteiger partial charge is 0.266 e. The van der Waals surface area contributed by atoms with Crippen molar-refractivity contribution < 1.29 is 4.79 Å². The van der Waals surface area contributed by atoms with Crippen molar-refractivity contribution in [3.8, 4) is 0 Å². The molecule has 24 heavy (non-hydrogen) atoms. The van der Waals surface area contributed by atoms with E-state index in [4.69, 9.17) is 0 Å². The molecule has 2 fully saturated rings. The minimum Gasteiger partial charge on any atom is -0.355 e. The average Bonchev–Trinajstić information content (AvgIpc) is 2.59. The summed E-state index contributed by atoms with van der Waals surface area (Å²) in [6, 6.07) is 3.67. The van der Waals surface area contributed by atoms with E-state index in [0.29, 0.717) is 12.0 Å². The number of amides is 1. The molecule has 1 aromatic heterocycles. The lowest BCUT2D eigenvalue weighted by Crippen LogP contribution is -2.47. The van der Waals surface area contributed by atoms with E-state index in [1.54, 1.807) is 19.2 Å². The van der Waals surface area contributed by atoms with Crippen molar-refractivity contribution in [1.29, 1.82) is 0 Å². The molecule has 1 saturated carbocycles. The second-order valence-corrected chi connectivity index (χ2v) is 7.29. The molecule has 0 radical (unpaired) electrons. The van der Waals surface area contributed by atoms with Crippen LogP contribution in [0.25, 0.3) is 0 Å². The van der Waals surface area contributed by atoms with Gasteiger partial charge in [0.2, 0.25) is 5.91 Å². The Morgan fingerprint density at radius 3 is 2.54 bits per heavy atom. The minimum absolute atomic E-state index is 0.0999. The molecule has 2 atom stereocenters. The van der Waals surface area contributed by atoms with Gasteiger partial charge in [-0.15, -0.1) is 0 Å². The lowest BCUT2D eigenvalue weighted by Gasteiger charge is -2.34. The molecule has 1 N–H and O–H groups in total. The number of rotatable bonds is 3. The highest BCUT2D eigenvalue weighted by molar-refractivity contribution is 5.79. The van der Waals surface area contributed by atoms with E-state index in [-0.39, 0.29) is 17.4 Å². The van der Waals surface area contributed by atoms with Crippen molar-refractivity contribution in [2.45, 2.75) is 51.5 Å². The SMILES string of the molecule is CC1CCCCC1NC(=O)C1CCN(c2ccc(=O)n(C)n2)CC1. The third kappa shape index (κ3) is 3.79. The second kappa shape index (κ2) is 7.36. The average molecular weight is 332 g/mol. The first-order chi connectivity index (χ1) is 11.5. The Balaban J connectivity index is 1.53. The summed E-state index contributed by atoms with van der Waals surface area (Å²) in [6.07, 6.45) is 6.55. The maximum absolute atomic E-state index is 12.6. The van der Waals surface area contributed by atoms with Crippen LogP contribution in [0.3, 0.4) is 0 Å². The lowest BCUT2D eigenvalue weighted by atomic mass is 9.85. The highest BCUT2D eigenvalue weighted by Crippen LogP contribution is 2.26. The molecule has 2 heterocycles. The summed E-state index contributed by atoms with van der Waals surface area (Å²) >= 11 is 0. The van der Waals surface area contributed by atoms with Crippen LogP contribution in [-0.2, 0) is 11.8 Å². The first kappa shape index (κ1) is 17.0. The van der Waals surface area contributed by atoms with E-state index in [1.807, 2.05) is 0 Å². The van der Waals surface area contributed by atoms with Crippen molar-refractivity contribution >= 4 is 11.7 Å². The standard InChI is InChI=1S/C18H28N4O2/c1-13-5-3-4-6-15(13)19-18(24)14-9-11-22(12-10-14)16-7-8-17(23)21(2)20-16/h7-8,13-15H,3-6,9-12H2,1-2H3,(H,19,24). The van der Waals surface area contributed by atoms with Gasteiger partial charge in [-0.25, -0.2) is 4.68 Å². The molecule has 0 spiro atoms. The van der Waals surface area contributed by atoms with Crippen molar-refractivity contribution in [1.82, 2.24) is 15.1 Å². The Labute approximate surface area is 143 Å². The van der Waals surface area contributed by atoms with E-state index in [1.165, 1.54) is 23.9 Å². The second-order valence-electron chi connectivity index (χ2n) is 7.29. The van der Waals surface area contributed by atoms with Crippen molar-refractivity contribution in [2.75, 3.05) is 18.0 Å². The van der Waals surface area contributed by atoms with Crippen LogP contribution >= 0.6 is 0 Å². The molecular formula is C18H28N4O2. The zero-order chi connectivity index (χ0) is 17.1. The predicted octanol–water partition coefficient (Wildman–Crippen LogP) is 1.69. The lowest BCUT2D eigenvalue weighted by molar-refractivity contribution is -0.126. The van der Waals surface area contributed by atoms with E-state index >= 15 is 0 Å². The molecule has 6 nitrogen and oxygen atoms in total. The minimum atomic E-state index is -0.102. The fourth-order valence-electron chi connectivity index (χ4n) is 3.86. The zero-order valence-electron chi connectivity index (χ0n) is 14.7. The molecule has 2 aliphatic rings. The van der Waals surface area contributed by atoms with Gasteiger partial charge in [0.25, 0.3) is 5.56 Å². The van der Waals surface area contributed by atoms with Gasteiger partial charge in [0.1, 0.15) is 5.82 Å². The number of nitrogens with one attached hydrogen (secondary N) is 1. The summed E-state index contributed by atoms with van der Waals surface area (Å²) in [5.41, 5.74) is -0.102. The van der Waals surface area contributed by atoms with Gasteiger partial charge in [-0.3, -0.25) is 9.59 Å². The normalized spacial score (nSPS) is 25.5. The number of anilines is 1. The summed E-state index contributed by atoms with van der Waals surface area (Å²) in [5.74, 6) is 1.74. The number of nitrogens with zero attached hydrogens (tertiary/aromatic N) is 3. The molecule has 2 unspecified atom stereocenters. The molecule has 0 bridgehead atoms. The molecule has 132 valence electrons. The Morgan fingerprint density at radius 2 is 1.88 bits per heavy atom. The van der Waals surface area contributed by atoms with Crippen molar-refractivity contribution in [3.63, 3.8) is 0 Å². The molecule has 1 aliphatic carbocycles. The quantitative estimate of drug-likeness (QED) is 0.915. The van der Waals surface area contributed by atoms with E-state index < -0.39 is 0 Å². The fourth-order valence-corrected chi connectivity index (χ4v) is 3.86. The molecule has 0 aromatic carbocycles. The zero-order valence-corrected chi connectivity index (χ0v) is 14.7. The summed E-state index contributed by atoms with van der Waals surface area (Å²) in [4.78, 5) is 26.2.